The molecule has 1 atom stereocenters. The van der Waals surface area contributed by atoms with Gasteiger partial charge in [0.15, 0.2) is 0 Å². The van der Waals surface area contributed by atoms with Crippen LogP contribution in [0, 0.1) is 0 Å². The molecule has 0 aliphatic rings. The first-order valence-corrected chi connectivity index (χ1v) is 14.2. The molecule has 0 aromatic heterocycles. The zero-order chi connectivity index (χ0) is 20.6. The molecule has 0 fully saturated rings. The van der Waals surface area contributed by atoms with Crippen LogP contribution in [0.3, 0.4) is 0 Å². The van der Waals surface area contributed by atoms with Crippen molar-refractivity contribution in [3.05, 3.63) is 78.9 Å². The maximum atomic E-state index is 11.3. The maximum Gasteiger partial charge on any atom is 0.294 e. The number of hydrogen-bond donors (Lipinski definition) is 2. The Balaban J connectivity index is 2.20. The third-order valence-corrected chi connectivity index (χ3v) is 12.0. The minimum absolute atomic E-state index is 0.206. The molecule has 0 amide bonds. The Hall–Kier alpha value is -1.66. The van der Waals surface area contributed by atoms with Crippen molar-refractivity contribution >= 4 is 52.0 Å². The van der Waals surface area contributed by atoms with Crippen molar-refractivity contribution in [1.29, 1.82) is 0 Å². The van der Waals surface area contributed by atoms with E-state index in [9.17, 15) is 25.9 Å². The van der Waals surface area contributed by atoms with E-state index < -0.39 is 27.2 Å². The first kappa shape index (κ1) is 21.1. The second-order valence-electron chi connectivity index (χ2n) is 6.00. The van der Waals surface area contributed by atoms with Crippen LogP contribution in [0.4, 0.5) is 0 Å². The molecule has 2 N–H and O–H groups in total. The van der Waals surface area contributed by atoms with Crippen molar-refractivity contribution in [3.63, 3.8) is 0 Å². The average molecular weight is 455 g/mol. The first-order valence-electron chi connectivity index (χ1n) is 7.92. The standard InChI is InChI=1S/C18H16O6P2S2/c19-27(20,21)17-10-6-15(7-11-17)26(25,14-4-2-1-3-5-14)16-8-12-18(13-9-16)28(22,23)24/h1-13H,25H2,(H-,19,20,21,22,23,24)/p+1. The molecule has 3 rings (SSSR count). The van der Waals surface area contributed by atoms with Gasteiger partial charge in [-0.25, -0.2) is 0 Å². The lowest BCUT2D eigenvalue weighted by molar-refractivity contribution is 0.481. The molecule has 10 heteroatoms. The number of benzene rings is 3. The Kier molecular flexibility index (Phi) is 5.74. The van der Waals surface area contributed by atoms with Gasteiger partial charge in [0.2, 0.25) is 0 Å². The first-order chi connectivity index (χ1) is 13.0. The normalized spacial score (nSPS) is 12.7. The van der Waals surface area contributed by atoms with E-state index in [2.05, 4.69) is 8.93 Å². The molecular formula is C18H17O6P2S2+. The lowest BCUT2D eigenvalue weighted by Gasteiger charge is -2.23. The lowest BCUT2D eigenvalue weighted by Crippen LogP contribution is -2.27. The topological polar surface area (TPSA) is 109 Å². The fourth-order valence-electron chi connectivity index (χ4n) is 2.82. The molecule has 3 aromatic carbocycles. The molecule has 0 spiro atoms. The van der Waals surface area contributed by atoms with Gasteiger partial charge in [-0.15, -0.1) is 0 Å². The molecule has 0 bridgehead atoms. The summed E-state index contributed by atoms with van der Waals surface area (Å²) in [6.07, 6.45) is 0. The third-order valence-electron chi connectivity index (χ3n) is 4.25. The van der Waals surface area contributed by atoms with Gasteiger partial charge >= 0.3 is 0 Å². The summed E-state index contributed by atoms with van der Waals surface area (Å²) in [5.74, 6) is 0. The smallest absolute Gasteiger partial charge is 0.282 e. The Morgan fingerprint density at radius 1 is 0.571 bits per heavy atom. The van der Waals surface area contributed by atoms with E-state index in [1.807, 2.05) is 30.3 Å². The quantitative estimate of drug-likeness (QED) is 0.451. The Labute approximate surface area is 166 Å². The van der Waals surface area contributed by atoms with Crippen LogP contribution in [0.5, 0.6) is 0 Å². The van der Waals surface area contributed by atoms with Crippen LogP contribution in [0.2, 0.25) is 0 Å². The zero-order valence-electron chi connectivity index (χ0n) is 14.4. The van der Waals surface area contributed by atoms with Crippen LogP contribution in [-0.4, -0.2) is 25.9 Å². The molecule has 0 aliphatic carbocycles. The monoisotopic (exact) mass is 455 g/mol. The van der Waals surface area contributed by atoms with Crippen molar-refractivity contribution in [3.8, 4) is 0 Å². The van der Waals surface area contributed by atoms with Crippen LogP contribution in [-0.2, 0) is 20.2 Å². The predicted molar refractivity (Wildman–Crippen MR) is 114 cm³/mol. The second-order valence-corrected chi connectivity index (χ2v) is 14.2. The summed E-state index contributed by atoms with van der Waals surface area (Å²) >= 11 is 0. The Morgan fingerprint density at radius 2 is 0.893 bits per heavy atom. The van der Waals surface area contributed by atoms with E-state index in [1.54, 1.807) is 24.3 Å². The summed E-state index contributed by atoms with van der Waals surface area (Å²) in [5.41, 5.74) is 0. The fourth-order valence-corrected chi connectivity index (χ4v) is 8.10. The van der Waals surface area contributed by atoms with Crippen LogP contribution < -0.4 is 15.9 Å². The highest BCUT2D eigenvalue weighted by Crippen LogP contribution is 2.62. The van der Waals surface area contributed by atoms with Gasteiger partial charge in [0, 0.05) is 8.93 Å². The van der Waals surface area contributed by atoms with Gasteiger partial charge in [0.1, 0.15) is 22.9 Å². The van der Waals surface area contributed by atoms with Crippen LogP contribution in [0.15, 0.2) is 88.7 Å². The lowest BCUT2D eigenvalue weighted by atomic mass is 10.3. The largest absolute Gasteiger partial charge is 0.294 e. The molecule has 0 aliphatic heterocycles. The zero-order valence-corrected chi connectivity index (χ0v) is 18.1. The highest BCUT2D eigenvalue weighted by atomic mass is 32.2. The van der Waals surface area contributed by atoms with E-state index in [4.69, 9.17) is 0 Å². The summed E-state index contributed by atoms with van der Waals surface area (Å²) in [4.78, 5) is -0.412. The highest BCUT2D eigenvalue weighted by molar-refractivity contribution is 8.36. The molecule has 0 radical (unpaired) electrons. The van der Waals surface area contributed by atoms with Gasteiger partial charge < -0.3 is 0 Å². The maximum absolute atomic E-state index is 11.3. The predicted octanol–water partition coefficient (Wildman–Crippen LogP) is 2.26. The van der Waals surface area contributed by atoms with Gasteiger partial charge in [-0.05, 0) is 60.7 Å². The summed E-state index contributed by atoms with van der Waals surface area (Å²) in [7, 11) is -5.77. The number of rotatable bonds is 5. The van der Waals surface area contributed by atoms with Crippen LogP contribution in [0.25, 0.3) is 0 Å². The van der Waals surface area contributed by atoms with Crippen LogP contribution in [0.1, 0.15) is 0 Å². The third kappa shape index (κ3) is 4.18. The van der Waals surface area contributed by atoms with E-state index in [0.717, 1.165) is 15.9 Å². The molecular weight excluding hydrogens is 438 g/mol. The van der Waals surface area contributed by atoms with Crippen molar-refractivity contribution in [2.24, 2.45) is 0 Å². The molecule has 0 saturated heterocycles. The van der Waals surface area contributed by atoms with Crippen LogP contribution >= 0.6 is 15.9 Å². The SMILES string of the molecule is O=S(=O)(O)c1ccc([P+](P)(c2ccccc2)c2ccc(S(=O)(=O)O)cc2)cc1. The van der Waals surface area contributed by atoms with Crippen molar-refractivity contribution in [2.45, 2.75) is 9.79 Å². The minimum atomic E-state index is -4.31. The summed E-state index contributed by atoms with van der Waals surface area (Å²) < 4.78 is 63.8. The molecule has 28 heavy (non-hydrogen) atoms. The van der Waals surface area contributed by atoms with Gasteiger partial charge in [-0.2, -0.15) is 16.8 Å². The minimum Gasteiger partial charge on any atom is -0.282 e. The van der Waals surface area contributed by atoms with Gasteiger partial charge in [0.25, 0.3) is 20.2 Å². The molecule has 6 nitrogen and oxygen atoms in total. The van der Waals surface area contributed by atoms with Gasteiger partial charge in [-0.3, -0.25) is 9.11 Å². The van der Waals surface area contributed by atoms with E-state index in [0.29, 0.717) is 0 Å². The second kappa shape index (κ2) is 7.64. The summed E-state index contributed by atoms with van der Waals surface area (Å²) in [6, 6.07) is 21.4. The Morgan fingerprint density at radius 3 is 1.21 bits per heavy atom. The summed E-state index contributed by atoms with van der Waals surface area (Å²) in [5, 5.41) is 2.60. The van der Waals surface area contributed by atoms with Gasteiger partial charge in [-0.1, -0.05) is 18.2 Å². The van der Waals surface area contributed by atoms with E-state index >= 15 is 0 Å². The van der Waals surface area contributed by atoms with Crippen molar-refractivity contribution < 1.29 is 25.9 Å². The molecule has 0 heterocycles. The van der Waals surface area contributed by atoms with Crippen molar-refractivity contribution in [2.75, 3.05) is 0 Å². The average Bonchev–Trinajstić information content (AvgIpc) is 2.67. The molecule has 0 saturated carbocycles. The molecule has 1 unspecified atom stereocenters. The van der Waals surface area contributed by atoms with E-state index in [1.165, 1.54) is 24.3 Å². The molecule has 3 aromatic rings. The van der Waals surface area contributed by atoms with Gasteiger partial charge in [0.05, 0.1) is 9.79 Å². The van der Waals surface area contributed by atoms with Crippen molar-refractivity contribution in [1.82, 2.24) is 0 Å². The Bertz CT molecular complexity index is 1120. The molecule has 146 valence electrons. The fraction of sp³-hybridized carbons (Fsp3) is 0. The number of hydrogen-bond acceptors (Lipinski definition) is 4. The highest BCUT2D eigenvalue weighted by Gasteiger charge is 2.41. The summed E-state index contributed by atoms with van der Waals surface area (Å²) in [6.45, 7) is -2.31. The van der Waals surface area contributed by atoms with E-state index in [-0.39, 0.29) is 9.79 Å².